The smallest absolute Gasteiger partial charge is 0.336 e. The van der Waals surface area contributed by atoms with Crippen LogP contribution in [0.15, 0.2) is 25.8 Å². The molecule has 4 heteroatoms. The van der Waals surface area contributed by atoms with Gasteiger partial charge in [-0.1, -0.05) is 13.3 Å². The summed E-state index contributed by atoms with van der Waals surface area (Å²) in [5.74, 6) is 0.856. The Morgan fingerprint density at radius 1 is 1.04 bits per heavy atom. The fourth-order valence-corrected chi connectivity index (χ4v) is 2.95. The van der Waals surface area contributed by atoms with E-state index in [4.69, 9.17) is 13.6 Å². The van der Waals surface area contributed by atoms with Gasteiger partial charge in [-0.3, -0.25) is 0 Å². The molecule has 0 spiro atoms. The fraction of sp³-hybridized carbons (Fsp3) is 0.421. The summed E-state index contributed by atoms with van der Waals surface area (Å²) in [7, 11) is 0. The van der Waals surface area contributed by atoms with Gasteiger partial charge in [0.1, 0.15) is 16.9 Å². The highest BCUT2D eigenvalue weighted by atomic mass is 16.5. The summed E-state index contributed by atoms with van der Waals surface area (Å²) in [5, 5.41) is 1.99. The number of fused-ring (bicyclic) bond motifs is 2. The molecule has 0 atom stereocenters. The molecule has 2 aromatic heterocycles. The maximum atomic E-state index is 11.7. The Balaban J connectivity index is 2.16. The predicted molar refractivity (Wildman–Crippen MR) is 91.0 cm³/mol. The van der Waals surface area contributed by atoms with Gasteiger partial charge in [0.25, 0.3) is 0 Å². The van der Waals surface area contributed by atoms with Crippen molar-refractivity contribution in [2.75, 3.05) is 6.61 Å². The second-order valence-electron chi connectivity index (χ2n) is 6.05. The van der Waals surface area contributed by atoms with E-state index in [0.717, 1.165) is 58.3 Å². The number of hydrogen-bond acceptors (Lipinski definition) is 4. The lowest BCUT2D eigenvalue weighted by Crippen LogP contribution is -1.99. The quantitative estimate of drug-likeness (QED) is 0.502. The first kappa shape index (κ1) is 15.8. The summed E-state index contributed by atoms with van der Waals surface area (Å²) >= 11 is 0. The molecule has 0 aliphatic rings. The summed E-state index contributed by atoms with van der Waals surface area (Å²) in [5.41, 5.74) is 3.90. The molecule has 0 unspecified atom stereocenters. The lowest BCUT2D eigenvalue weighted by molar-refractivity contribution is 0.118. The van der Waals surface area contributed by atoms with Crippen molar-refractivity contribution in [3.05, 3.63) is 45.0 Å². The fourth-order valence-electron chi connectivity index (χ4n) is 2.95. The van der Waals surface area contributed by atoms with E-state index in [1.807, 2.05) is 26.8 Å². The Kier molecular flexibility index (Phi) is 4.26. The van der Waals surface area contributed by atoms with Crippen LogP contribution in [0, 0.1) is 20.8 Å². The molecule has 23 heavy (non-hydrogen) atoms. The third-order valence-corrected chi connectivity index (χ3v) is 4.31. The Morgan fingerprint density at radius 3 is 2.52 bits per heavy atom. The molecule has 3 rings (SSSR count). The average molecular weight is 314 g/mol. The van der Waals surface area contributed by atoms with Gasteiger partial charge in [-0.05, 0) is 38.8 Å². The van der Waals surface area contributed by atoms with Crippen molar-refractivity contribution in [1.29, 1.82) is 0 Å². The summed E-state index contributed by atoms with van der Waals surface area (Å²) < 4.78 is 17.1. The first-order valence-electron chi connectivity index (χ1n) is 8.06. The molecule has 122 valence electrons. The number of unbranched alkanes of at least 4 members (excludes halogenated alkanes) is 1. The van der Waals surface area contributed by atoms with Gasteiger partial charge >= 0.3 is 5.63 Å². The van der Waals surface area contributed by atoms with E-state index >= 15 is 0 Å². The van der Waals surface area contributed by atoms with Gasteiger partial charge in [-0.25, -0.2) is 4.79 Å². The molecular formula is C19H22O4. The van der Waals surface area contributed by atoms with Crippen LogP contribution < -0.4 is 5.63 Å². The molecule has 0 amide bonds. The van der Waals surface area contributed by atoms with Gasteiger partial charge in [-0.2, -0.15) is 0 Å². The molecule has 4 nitrogen and oxygen atoms in total. The van der Waals surface area contributed by atoms with Crippen LogP contribution in [0.25, 0.3) is 21.9 Å². The maximum Gasteiger partial charge on any atom is 0.336 e. The van der Waals surface area contributed by atoms with Crippen molar-refractivity contribution in [2.45, 2.75) is 47.1 Å². The highest BCUT2D eigenvalue weighted by Gasteiger charge is 2.17. The topological polar surface area (TPSA) is 52.6 Å². The molecule has 0 saturated heterocycles. The molecule has 0 fully saturated rings. The molecule has 0 bridgehead atoms. The third-order valence-electron chi connectivity index (χ3n) is 4.31. The highest BCUT2D eigenvalue weighted by Crippen LogP contribution is 2.34. The summed E-state index contributed by atoms with van der Waals surface area (Å²) in [6, 6.07) is 3.57. The van der Waals surface area contributed by atoms with Crippen LogP contribution in [0.4, 0.5) is 0 Å². The van der Waals surface area contributed by atoms with Crippen molar-refractivity contribution in [2.24, 2.45) is 0 Å². The molecule has 0 saturated carbocycles. The van der Waals surface area contributed by atoms with Crippen LogP contribution in [0.2, 0.25) is 0 Å². The van der Waals surface area contributed by atoms with Crippen LogP contribution in [-0.4, -0.2) is 6.61 Å². The Hall–Kier alpha value is -2.07. The molecule has 2 heterocycles. The normalized spacial score (nSPS) is 11.7. The maximum absolute atomic E-state index is 11.7. The lowest BCUT2D eigenvalue weighted by atomic mass is 10.0. The van der Waals surface area contributed by atoms with E-state index < -0.39 is 0 Å². The third kappa shape index (κ3) is 2.79. The number of hydrogen-bond donors (Lipinski definition) is 0. The first-order valence-corrected chi connectivity index (χ1v) is 8.06. The Morgan fingerprint density at radius 2 is 1.78 bits per heavy atom. The largest absolute Gasteiger partial charge is 0.461 e. The van der Waals surface area contributed by atoms with Crippen LogP contribution in [0.3, 0.4) is 0 Å². The minimum Gasteiger partial charge on any atom is -0.461 e. The molecular weight excluding hydrogens is 292 g/mol. The molecule has 0 aliphatic carbocycles. The molecule has 1 aromatic carbocycles. The van der Waals surface area contributed by atoms with E-state index in [9.17, 15) is 4.79 Å². The van der Waals surface area contributed by atoms with Crippen molar-refractivity contribution in [1.82, 2.24) is 0 Å². The lowest BCUT2D eigenvalue weighted by Gasteiger charge is -2.06. The second-order valence-corrected chi connectivity index (χ2v) is 6.05. The van der Waals surface area contributed by atoms with E-state index in [1.54, 1.807) is 0 Å². The molecule has 0 N–H and O–H groups in total. The number of rotatable bonds is 5. The van der Waals surface area contributed by atoms with Gasteiger partial charge in [-0.15, -0.1) is 0 Å². The predicted octanol–water partition coefficient (Wildman–Crippen LogP) is 4.78. The Bertz CT molecular complexity index is 915. The van der Waals surface area contributed by atoms with Crippen LogP contribution in [0.1, 0.15) is 42.2 Å². The Labute approximate surface area is 135 Å². The summed E-state index contributed by atoms with van der Waals surface area (Å²) in [4.78, 5) is 11.7. The van der Waals surface area contributed by atoms with Crippen LogP contribution >= 0.6 is 0 Å². The molecule has 0 aliphatic heterocycles. The van der Waals surface area contributed by atoms with Crippen LogP contribution in [0.5, 0.6) is 0 Å². The second kappa shape index (κ2) is 6.20. The van der Waals surface area contributed by atoms with E-state index in [2.05, 4.69) is 6.92 Å². The van der Waals surface area contributed by atoms with Gasteiger partial charge in [0, 0.05) is 34.6 Å². The van der Waals surface area contributed by atoms with E-state index in [-0.39, 0.29) is 5.63 Å². The van der Waals surface area contributed by atoms with E-state index in [1.165, 1.54) is 6.07 Å². The number of aryl methyl sites for hydroxylation is 3. The van der Waals surface area contributed by atoms with Gasteiger partial charge in [0.05, 0.1) is 6.61 Å². The van der Waals surface area contributed by atoms with Crippen molar-refractivity contribution >= 4 is 21.9 Å². The number of benzene rings is 1. The number of furan rings is 1. The zero-order valence-electron chi connectivity index (χ0n) is 14.1. The molecule has 0 radical (unpaired) electrons. The first-order chi connectivity index (χ1) is 11.0. The van der Waals surface area contributed by atoms with Crippen molar-refractivity contribution < 1.29 is 13.6 Å². The minimum atomic E-state index is -0.330. The summed E-state index contributed by atoms with van der Waals surface area (Å²) in [6.45, 7) is 9.24. The average Bonchev–Trinajstić information content (AvgIpc) is 2.82. The van der Waals surface area contributed by atoms with Gasteiger partial charge < -0.3 is 13.6 Å². The molecule has 3 aromatic rings. The van der Waals surface area contributed by atoms with Crippen molar-refractivity contribution in [3.63, 3.8) is 0 Å². The minimum absolute atomic E-state index is 0.330. The highest BCUT2D eigenvalue weighted by molar-refractivity contribution is 5.99. The zero-order valence-corrected chi connectivity index (χ0v) is 14.1. The summed E-state index contributed by atoms with van der Waals surface area (Å²) in [6.07, 6.45) is 2.17. The van der Waals surface area contributed by atoms with Gasteiger partial charge in [0.2, 0.25) is 0 Å². The van der Waals surface area contributed by atoms with Crippen molar-refractivity contribution in [3.8, 4) is 0 Å². The number of ether oxygens (including phenoxy) is 1. The van der Waals surface area contributed by atoms with Crippen LogP contribution in [-0.2, 0) is 11.3 Å². The standard InChI is InChI=1S/C19H22O4/c1-5-6-7-21-10-16-13(4)22-19-12(3)18-14(9-15(16)19)11(2)8-17(20)23-18/h8-9H,5-7,10H2,1-4H3. The SMILES string of the molecule is CCCCOCc1c(C)oc2c(C)c3oc(=O)cc(C)c3cc12. The van der Waals surface area contributed by atoms with Gasteiger partial charge in [0.15, 0.2) is 0 Å². The monoisotopic (exact) mass is 314 g/mol. The van der Waals surface area contributed by atoms with E-state index in [0.29, 0.717) is 12.2 Å². The zero-order chi connectivity index (χ0) is 16.6.